The van der Waals surface area contributed by atoms with Crippen LogP contribution in [0.5, 0.6) is 0 Å². The van der Waals surface area contributed by atoms with E-state index < -0.39 is 12.1 Å². The molecule has 1 aliphatic rings. The molecule has 1 saturated heterocycles. The Morgan fingerprint density at radius 1 is 1.31 bits per heavy atom. The highest BCUT2D eigenvalue weighted by molar-refractivity contribution is 5.73. The molecule has 0 aliphatic carbocycles. The summed E-state index contributed by atoms with van der Waals surface area (Å²) in [6.07, 6.45) is 0.676. The molecule has 1 heterocycles. The van der Waals surface area contributed by atoms with Crippen molar-refractivity contribution in [2.75, 3.05) is 26.2 Å². The second-order valence-electron chi connectivity index (χ2n) is 3.32. The molecule has 4 heteroatoms. The van der Waals surface area contributed by atoms with E-state index >= 15 is 0 Å². The van der Waals surface area contributed by atoms with Gasteiger partial charge in [0.25, 0.3) is 0 Å². The van der Waals surface area contributed by atoms with Crippen LogP contribution in [0.4, 0.5) is 0 Å². The van der Waals surface area contributed by atoms with Gasteiger partial charge in [-0.1, -0.05) is 13.8 Å². The van der Waals surface area contributed by atoms with E-state index in [1.807, 2.05) is 23.6 Å². The maximum atomic E-state index is 11.0. The SMILES string of the molecule is CCN1CCCN(CC)C1C(=O)O. The average Bonchev–Trinajstić information content (AvgIpc) is 2.16. The molecular weight excluding hydrogens is 168 g/mol. The number of carbonyl (C=O) groups is 1. The Morgan fingerprint density at radius 3 is 2.08 bits per heavy atom. The number of hydrogen-bond acceptors (Lipinski definition) is 3. The topological polar surface area (TPSA) is 43.8 Å². The van der Waals surface area contributed by atoms with Crippen molar-refractivity contribution in [3.05, 3.63) is 0 Å². The van der Waals surface area contributed by atoms with Gasteiger partial charge in [0.2, 0.25) is 0 Å². The van der Waals surface area contributed by atoms with Gasteiger partial charge in [-0.2, -0.15) is 0 Å². The normalized spacial score (nSPS) is 22.0. The van der Waals surface area contributed by atoms with Crippen molar-refractivity contribution in [2.24, 2.45) is 0 Å². The van der Waals surface area contributed by atoms with E-state index in [1.165, 1.54) is 0 Å². The van der Waals surface area contributed by atoms with Gasteiger partial charge in [-0.05, 0) is 19.5 Å². The first-order chi connectivity index (χ1) is 6.20. The number of rotatable bonds is 3. The molecule has 0 aromatic carbocycles. The fourth-order valence-electron chi connectivity index (χ4n) is 1.93. The number of carboxylic acid groups (broad SMARTS) is 1. The number of likely N-dealkylation sites (N-methyl/N-ethyl adjacent to an activating group) is 2. The van der Waals surface area contributed by atoms with Gasteiger partial charge in [-0.25, -0.2) is 4.79 Å². The monoisotopic (exact) mass is 186 g/mol. The summed E-state index contributed by atoms with van der Waals surface area (Å²) in [7, 11) is 0. The minimum absolute atomic E-state index is 0.399. The van der Waals surface area contributed by atoms with E-state index in [9.17, 15) is 4.79 Å². The minimum Gasteiger partial charge on any atom is -0.479 e. The number of hydrogen-bond donors (Lipinski definition) is 1. The Hall–Kier alpha value is -0.610. The van der Waals surface area contributed by atoms with Crippen molar-refractivity contribution in [3.8, 4) is 0 Å². The van der Waals surface area contributed by atoms with Crippen molar-refractivity contribution >= 4 is 5.97 Å². The minimum atomic E-state index is -0.719. The first-order valence-electron chi connectivity index (χ1n) is 4.91. The zero-order valence-electron chi connectivity index (χ0n) is 8.36. The molecule has 1 fully saturated rings. The van der Waals surface area contributed by atoms with Crippen LogP contribution in [-0.2, 0) is 4.79 Å². The lowest BCUT2D eigenvalue weighted by Crippen LogP contribution is -2.57. The van der Waals surface area contributed by atoms with E-state index in [0.717, 1.165) is 32.6 Å². The Morgan fingerprint density at radius 2 is 1.77 bits per heavy atom. The molecule has 76 valence electrons. The maximum Gasteiger partial charge on any atom is 0.336 e. The maximum absolute atomic E-state index is 11.0. The lowest BCUT2D eigenvalue weighted by atomic mass is 10.2. The van der Waals surface area contributed by atoms with Crippen LogP contribution in [0.1, 0.15) is 20.3 Å². The highest BCUT2D eigenvalue weighted by Gasteiger charge is 2.32. The van der Waals surface area contributed by atoms with Crippen LogP contribution in [0.25, 0.3) is 0 Å². The summed E-state index contributed by atoms with van der Waals surface area (Å²) < 4.78 is 0. The summed E-state index contributed by atoms with van der Waals surface area (Å²) in [5.74, 6) is -0.719. The molecule has 0 amide bonds. The lowest BCUT2D eigenvalue weighted by molar-refractivity contribution is -0.153. The fraction of sp³-hybridized carbons (Fsp3) is 0.889. The van der Waals surface area contributed by atoms with Gasteiger partial charge in [0, 0.05) is 13.1 Å². The molecule has 0 aromatic heterocycles. The zero-order valence-corrected chi connectivity index (χ0v) is 8.36. The van der Waals surface area contributed by atoms with Crippen molar-refractivity contribution in [1.82, 2.24) is 9.80 Å². The first-order valence-corrected chi connectivity index (χ1v) is 4.91. The van der Waals surface area contributed by atoms with Gasteiger partial charge in [-0.15, -0.1) is 0 Å². The summed E-state index contributed by atoms with van der Waals surface area (Å²) in [6, 6.07) is 0. The van der Waals surface area contributed by atoms with Crippen LogP contribution in [0.2, 0.25) is 0 Å². The van der Waals surface area contributed by atoms with Gasteiger partial charge in [0.05, 0.1) is 0 Å². The molecule has 0 radical (unpaired) electrons. The zero-order chi connectivity index (χ0) is 9.84. The van der Waals surface area contributed by atoms with Crippen LogP contribution >= 0.6 is 0 Å². The van der Waals surface area contributed by atoms with Gasteiger partial charge in [-0.3, -0.25) is 9.80 Å². The van der Waals surface area contributed by atoms with Gasteiger partial charge < -0.3 is 5.11 Å². The summed E-state index contributed by atoms with van der Waals surface area (Å²) in [5, 5.41) is 9.06. The third-order valence-corrected chi connectivity index (χ3v) is 2.62. The molecule has 1 rings (SSSR count). The van der Waals surface area contributed by atoms with Crippen LogP contribution in [0.15, 0.2) is 0 Å². The molecule has 0 unspecified atom stereocenters. The summed E-state index contributed by atoms with van der Waals surface area (Å²) in [4.78, 5) is 15.0. The van der Waals surface area contributed by atoms with Crippen molar-refractivity contribution in [1.29, 1.82) is 0 Å². The standard InChI is InChI=1S/C9H18N2O2/c1-3-10-6-5-7-11(4-2)8(10)9(12)13/h8H,3-7H2,1-2H3,(H,12,13). The lowest BCUT2D eigenvalue weighted by Gasteiger charge is -2.40. The van der Waals surface area contributed by atoms with Gasteiger partial charge in [0.15, 0.2) is 6.17 Å². The molecule has 0 bridgehead atoms. The average molecular weight is 186 g/mol. The number of aliphatic carboxylic acids is 1. The van der Waals surface area contributed by atoms with E-state index in [2.05, 4.69) is 0 Å². The predicted molar refractivity (Wildman–Crippen MR) is 50.5 cm³/mol. The van der Waals surface area contributed by atoms with E-state index in [-0.39, 0.29) is 0 Å². The molecule has 0 atom stereocenters. The molecule has 13 heavy (non-hydrogen) atoms. The quantitative estimate of drug-likeness (QED) is 0.695. The summed E-state index contributed by atoms with van der Waals surface area (Å²) in [6.45, 7) is 7.46. The Bertz CT molecular complexity index is 172. The number of carboxylic acids is 1. The highest BCUT2D eigenvalue weighted by atomic mass is 16.4. The van der Waals surface area contributed by atoms with E-state index in [0.29, 0.717) is 0 Å². The highest BCUT2D eigenvalue weighted by Crippen LogP contribution is 2.13. The Balaban J connectivity index is 2.69. The fourth-order valence-corrected chi connectivity index (χ4v) is 1.93. The summed E-state index contributed by atoms with van der Waals surface area (Å²) in [5.41, 5.74) is 0. The third-order valence-electron chi connectivity index (χ3n) is 2.62. The predicted octanol–water partition coefficient (Wildman–Crippen LogP) is 0.445. The van der Waals surface area contributed by atoms with Crippen LogP contribution in [-0.4, -0.2) is 53.2 Å². The van der Waals surface area contributed by atoms with Crippen molar-refractivity contribution in [3.63, 3.8) is 0 Å². The van der Waals surface area contributed by atoms with Crippen LogP contribution < -0.4 is 0 Å². The summed E-state index contributed by atoms with van der Waals surface area (Å²) >= 11 is 0. The second kappa shape index (κ2) is 4.58. The van der Waals surface area contributed by atoms with Gasteiger partial charge in [0.1, 0.15) is 0 Å². The molecule has 0 saturated carbocycles. The molecular formula is C9H18N2O2. The molecule has 1 aliphatic heterocycles. The van der Waals surface area contributed by atoms with Crippen molar-refractivity contribution < 1.29 is 9.90 Å². The largest absolute Gasteiger partial charge is 0.479 e. The molecule has 0 spiro atoms. The van der Waals surface area contributed by atoms with E-state index in [4.69, 9.17) is 5.11 Å². The number of nitrogens with zero attached hydrogens (tertiary/aromatic N) is 2. The van der Waals surface area contributed by atoms with E-state index in [1.54, 1.807) is 0 Å². The van der Waals surface area contributed by atoms with Crippen LogP contribution in [0.3, 0.4) is 0 Å². The van der Waals surface area contributed by atoms with Crippen molar-refractivity contribution in [2.45, 2.75) is 26.4 Å². The molecule has 4 nitrogen and oxygen atoms in total. The second-order valence-corrected chi connectivity index (χ2v) is 3.32. The van der Waals surface area contributed by atoms with Gasteiger partial charge >= 0.3 is 5.97 Å². The Kier molecular flexibility index (Phi) is 3.69. The Labute approximate surface area is 79.1 Å². The third kappa shape index (κ3) is 2.19. The molecule has 0 aromatic rings. The van der Waals surface area contributed by atoms with Crippen LogP contribution in [0, 0.1) is 0 Å². The molecule has 1 N–H and O–H groups in total. The first kappa shape index (κ1) is 10.5. The smallest absolute Gasteiger partial charge is 0.336 e.